The first-order valence-electron chi connectivity index (χ1n) is 10.7. The van der Waals surface area contributed by atoms with Crippen molar-refractivity contribution >= 4 is 35.9 Å². The zero-order chi connectivity index (χ0) is 19.2. The van der Waals surface area contributed by atoms with Crippen molar-refractivity contribution in [2.75, 3.05) is 26.7 Å². The number of rotatable bonds is 2. The SMILES string of the molecule is CN=C(NC1C2CCOC2C12CCCC2)N1CCC(C(=O)OC(C)(C)C)C1.I. The van der Waals surface area contributed by atoms with Gasteiger partial charge in [-0.15, -0.1) is 24.0 Å². The summed E-state index contributed by atoms with van der Waals surface area (Å²) in [5, 5.41) is 3.80. The fourth-order valence-electron chi connectivity index (χ4n) is 5.87. The summed E-state index contributed by atoms with van der Waals surface area (Å²) < 4.78 is 11.7. The average molecular weight is 505 g/mol. The van der Waals surface area contributed by atoms with Gasteiger partial charge in [0.1, 0.15) is 5.60 Å². The molecule has 2 heterocycles. The minimum Gasteiger partial charge on any atom is -0.460 e. The first-order chi connectivity index (χ1) is 12.8. The van der Waals surface area contributed by atoms with Crippen LogP contribution in [0.1, 0.15) is 59.3 Å². The molecule has 2 saturated heterocycles. The normalized spacial score (nSPS) is 34.0. The smallest absolute Gasteiger partial charge is 0.311 e. The molecule has 4 fully saturated rings. The van der Waals surface area contributed by atoms with Gasteiger partial charge in [-0.3, -0.25) is 9.79 Å². The van der Waals surface area contributed by atoms with Crippen molar-refractivity contribution in [3.63, 3.8) is 0 Å². The second-order valence-electron chi connectivity index (χ2n) is 9.82. The summed E-state index contributed by atoms with van der Waals surface area (Å²) in [5.41, 5.74) is -0.121. The van der Waals surface area contributed by atoms with E-state index in [1.54, 1.807) is 0 Å². The predicted molar refractivity (Wildman–Crippen MR) is 120 cm³/mol. The molecule has 0 radical (unpaired) electrons. The molecule has 7 heteroatoms. The van der Waals surface area contributed by atoms with Crippen LogP contribution in [0.25, 0.3) is 0 Å². The molecule has 160 valence electrons. The lowest BCUT2D eigenvalue weighted by molar-refractivity contribution is -0.159. The van der Waals surface area contributed by atoms with Crippen LogP contribution >= 0.6 is 24.0 Å². The number of hydrogen-bond acceptors (Lipinski definition) is 4. The Labute approximate surface area is 186 Å². The lowest BCUT2D eigenvalue weighted by atomic mass is 9.54. The molecule has 6 nitrogen and oxygen atoms in total. The lowest BCUT2D eigenvalue weighted by Gasteiger charge is -2.57. The molecule has 1 spiro atoms. The first kappa shape index (κ1) is 22.1. The highest BCUT2D eigenvalue weighted by molar-refractivity contribution is 14.0. The number of fused-ring (bicyclic) bond motifs is 2. The molecule has 2 saturated carbocycles. The van der Waals surface area contributed by atoms with Crippen molar-refractivity contribution in [3.8, 4) is 0 Å². The molecule has 28 heavy (non-hydrogen) atoms. The van der Waals surface area contributed by atoms with Crippen molar-refractivity contribution in [2.24, 2.45) is 22.2 Å². The summed E-state index contributed by atoms with van der Waals surface area (Å²) in [5.74, 6) is 1.42. The van der Waals surface area contributed by atoms with E-state index in [9.17, 15) is 4.79 Å². The van der Waals surface area contributed by atoms with E-state index in [1.165, 1.54) is 25.7 Å². The van der Waals surface area contributed by atoms with Gasteiger partial charge in [0.15, 0.2) is 5.96 Å². The number of nitrogens with one attached hydrogen (secondary N) is 1. The van der Waals surface area contributed by atoms with E-state index in [0.717, 1.165) is 32.0 Å². The molecule has 0 aromatic rings. The van der Waals surface area contributed by atoms with Crippen LogP contribution in [0.5, 0.6) is 0 Å². The molecule has 4 unspecified atom stereocenters. The Morgan fingerprint density at radius 2 is 1.96 bits per heavy atom. The summed E-state index contributed by atoms with van der Waals surface area (Å²) in [6.45, 7) is 8.23. The fourth-order valence-corrected chi connectivity index (χ4v) is 5.87. The average Bonchev–Trinajstić information content (AvgIpc) is 3.33. The highest BCUT2D eigenvalue weighted by Crippen LogP contribution is 2.60. The van der Waals surface area contributed by atoms with Gasteiger partial charge in [-0.05, 0) is 46.5 Å². The van der Waals surface area contributed by atoms with Crippen molar-refractivity contribution in [2.45, 2.75) is 77.0 Å². The van der Waals surface area contributed by atoms with Crippen LogP contribution in [0.2, 0.25) is 0 Å². The maximum Gasteiger partial charge on any atom is 0.311 e. The van der Waals surface area contributed by atoms with E-state index in [-0.39, 0.29) is 35.9 Å². The number of guanidine groups is 1. The number of aliphatic imine (C=N–C) groups is 1. The Morgan fingerprint density at radius 1 is 1.25 bits per heavy atom. The van der Waals surface area contributed by atoms with E-state index in [1.807, 2.05) is 27.8 Å². The summed E-state index contributed by atoms with van der Waals surface area (Å²) >= 11 is 0. The summed E-state index contributed by atoms with van der Waals surface area (Å²) in [4.78, 5) is 19.2. The minimum absolute atomic E-state index is 0. The third kappa shape index (κ3) is 3.89. The van der Waals surface area contributed by atoms with Crippen LogP contribution in [-0.4, -0.2) is 61.3 Å². The number of halogens is 1. The molecular formula is C21H36IN3O3. The lowest BCUT2D eigenvalue weighted by Crippen LogP contribution is -2.69. The number of likely N-dealkylation sites (tertiary alicyclic amines) is 1. The molecule has 2 aliphatic heterocycles. The van der Waals surface area contributed by atoms with Crippen LogP contribution in [0, 0.1) is 17.3 Å². The quantitative estimate of drug-likeness (QED) is 0.270. The molecule has 4 rings (SSSR count). The van der Waals surface area contributed by atoms with Gasteiger partial charge in [0, 0.05) is 44.1 Å². The highest BCUT2D eigenvalue weighted by Gasteiger charge is 2.65. The van der Waals surface area contributed by atoms with E-state index >= 15 is 0 Å². The predicted octanol–water partition coefficient (Wildman–Crippen LogP) is 3.19. The van der Waals surface area contributed by atoms with Gasteiger partial charge >= 0.3 is 5.97 Å². The highest BCUT2D eigenvalue weighted by atomic mass is 127. The van der Waals surface area contributed by atoms with Crippen LogP contribution in [0.15, 0.2) is 4.99 Å². The summed E-state index contributed by atoms with van der Waals surface area (Å²) in [7, 11) is 1.85. The third-order valence-corrected chi connectivity index (χ3v) is 7.01. The van der Waals surface area contributed by atoms with Gasteiger partial charge < -0.3 is 19.7 Å². The Morgan fingerprint density at radius 3 is 2.61 bits per heavy atom. The minimum atomic E-state index is -0.428. The number of nitrogens with zero attached hydrogens (tertiary/aromatic N) is 2. The number of carbonyl (C=O) groups is 1. The van der Waals surface area contributed by atoms with Gasteiger partial charge in [-0.25, -0.2) is 0 Å². The maximum atomic E-state index is 12.4. The third-order valence-electron chi connectivity index (χ3n) is 7.01. The second kappa shape index (κ2) is 8.28. The largest absolute Gasteiger partial charge is 0.460 e. The summed E-state index contributed by atoms with van der Waals surface area (Å²) in [6.07, 6.45) is 7.60. The van der Waals surface area contributed by atoms with Crippen molar-refractivity contribution in [1.82, 2.24) is 10.2 Å². The maximum absolute atomic E-state index is 12.4. The summed E-state index contributed by atoms with van der Waals surface area (Å²) in [6, 6.07) is 0.465. The molecule has 0 aromatic carbocycles. The molecule has 0 bridgehead atoms. The molecule has 1 N–H and O–H groups in total. The van der Waals surface area contributed by atoms with Gasteiger partial charge in [0.2, 0.25) is 0 Å². The van der Waals surface area contributed by atoms with Crippen LogP contribution < -0.4 is 5.32 Å². The van der Waals surface area contributed by atoms with Crippen LogP contribution in [0.3, 0.4) is 0 Å². The Kier molecular flexibility index (Phi) is 6.54. The standard InChI is InChI=1S/C21H35N3O3.HI/c1-20(2,3)27-18(25)14-7-11-24(13-14)19(22-4)23-16-15-8-12-26-17(15)21(16)9-5-6-10-21;/h14-17H,5-13H2,1-4H3,(H,22,23);1H. The van der Waals surface area contributed by atoms with E-state index in [0.29, 0.717) is 30.0 Å². The number of carbonyl (C=O) groups excluding carboxylic acids is 1. The molecule has 2 aliphatic carbocycles. The Balaban J connectivity index is 0.00000225. The number of esters is 1. The van der Waals surface area contributed by atoms with E-state index in [4.69, 9.17) is 9.47 Å². The van der Waals surface area contributed by atoms with Gasteiger partial charge in [0.25, 0.3) is 0 Å². The zero-order valence-electron chi connectivity index (χ0n) is 17.7. The van der Waals surface area contributed by atoms with Gasteiger partial charge in [-0.1, -0.05) is 12.8 Å². The molecule has 4 atom stereocenters. The van der Waals surface area contributed by atoms with Crippen molar-refractivity contribution in [1.29, 1.82) is 0 Å². The monoisotopic (exact) mass is 505 g/mol. The van der Waals surface area contributed by atoms with Crippen LogP contribution in [-0.2, 0) is 14.3 Å². The molecule has 0 amide bonds. The number of ether oxygens (including phenoxy) is 2. The molecule has 4 aliphatic rings. The van der Waals surface area contributed by atoms with E-state index in [2.05, 4.69) is 15.2 Å². The Bertz CT molecular complexity index is 613. The topological polar surface area (TPSA) is 63.2 Å². The molecular weight excluding hydrogens is 469 g/mol. The Hall–Kier alpha value is -0.570. The van der Waals surface area contributed by atoms with Crippen molar-refractivity contribution in [3.05, 3.63) is 0 Å². The first-order valence-corrected chi connectivity index (χ1v) is 10.7. The fraction of sp³-hybridized carbons (Fsp3) is 0.905. The van der Waals surface area contributed by atoms with E-state index < -0.39 is 5.60 Å². The second-order valence-corrected chi connectivity index (χ2v) is 9.82. The van der Waals surface area contributed by atoms with Crippen molar-refractivity contribution < 1.29 is 14.3 Å². The number of hydrogen-bond donors (Lipinski definition) is 1. The van der Waals surface area contributed by atoms with Gasteiger partial charge in [-0.2, -0.15) is 0 Å². The van der Waals surface area contributed by atoms with Gasteiger partial charge in [0.05, 0.1) is 12.0 Å². The van der Waals surface area contributed by atoms with Crippen LogP contribution in [0.4, 0.5) is 0 Å². The molecule has 0 aromatic heterocycles. The zero-order valence-corrected chi connectivity index (χ0v) is 20.0.